The number of hydrogen-bond acceptors (Lipinski definition) is 5. The average Bonchev–Trinajstić information content (AvgIpc) is 2.55. The molecule has 1 aliphatic rings. The third-order valence-corrected chi connectivity index (χ3v) is 4.15. The van der Waals surface area contributed by atoms with E-state index in [1.165, 1.54) is 19.1 Å². The molecule has 9 heteroatoms. The van der Waals surface area contributed by atoms with Crippen LogP contribution in [0.5, 0.6) is 11.5 Å². The minimum Gasteiger partial charge on any atom is -0.496 e. The summed E-state index contributed by atoms with van der Waals surface area (Å²) in [4.78, 5) is 14.8. The first kappa shape index (κ1) is 19.3. The number of alkyl halides is 3. The molecule has 1 heterocycles. The largest absolute Gasteiger partial charge is 0.496 e. The van der Waals surface area contributed by atoms with Crippen LogP contribution in [0.2, 0.25) is 0 Å². The maximum Gasteiger partial charge on any atom is 0.401 e. The molecule has 0 aromatic heterocycles. The van der Waals surface area contributed by atoms with E-state index in [0.717, 1.165) is 0 Å². The van der Waals surface area contributed by atoms with E-state index in [2.05, 4.69) is 0 Å². The van der Waals surface area contributed by atoms with Crippen LogP contribution in [0.25, 0.3) is 0 Å². The van der Waals surface area contributed by atoms with E-state index in [0.29, 0.717) is 17.1 Å². The molecule has 25 heavy (non-hydrogen) atoms. The van der Waals surface area contributed by atoms with Gasteiger partial charge in [-0.15, -0.1) is 0 Å². The highest BCUT2D eigenvalue weighted by Gasteiger charge is 2.37. The molecule has 1 aromatic carbocycles. The van der Waals surface area contributed by atoms with Crippen molar-refractivity contribution in [2.24, 2.45) is 0 Å². The van der Waals surface area contributed by atoms with E-state index >= 15 is 0 Å². The van der Waals surface area contributed by atoms with E-state index < -0.39 is 24.7 Å². The number of piperazine rings is 1. The Morgan fingerprint density at radius 1 is 1.16 bits per heavy atom. The number of aliphatic carboxylic acids is 1. The van der Waals surface area contributed by atoms with Crippen LogP contribution in [0.4, 0.5) is 13.2 Å². The van der Waals surface area contributed by atoms with Gasteiger partial charge in [0.15, 0.2) is 0 Å². The summed E-state index contributed by atoms with van der Waals surface area (Å²) in [6.07, 6.45) is -4.26. The van der Waals surface area contributed by atoms with Gasteiger partial charge in [0.2, 0.25) is 0 Å². The normalized spacial score (nSPS) is 18.0. The molecule has 1 saturated heterocycles. The molecule has 0 aliphatic carbocycles. The smallest absolute Gasteiger partial charge is 0.401 e. The van der Waals surface area contributed by atoms with Gasteiger partial charge in [-0.2, -0.15) is 13.2 Å². The van der Waals surface area contributed by atoms with E-state index in [1.807, 2.05) is 0 Å². The zero-order chi connectivity index (χ0) is 18.6. The SMILES string of the molecule is COc1cccc(OC)c1C(C(=O)O)N1CCN(CC(F)(F)F)CC1. The fourth-order valence-electron chi connectivity index (χ4n) is 3.04. The van der Waals surface area contributed by atoms with Gasteiger partial charge in [0.1, 0.15) is 17.5 Å². The molecule has 0 amide bonds. The van der Waals surface area contributed by atoms with Gasteiger partial charge in [-0.3, -0.25) is 14.6 Å². The number of halogens is 3. The molecule has 0 spiro atoms. The van der Waals surface area contributed by atoms with Crippen molar-refractivity contribution >= 4 is 5.97 Å². The van der Waals surface area contributed by atoms with Gasteiger partial charge in [0.05, 0.1) is 26.3 Å². The van der Waals surface area contributed by atoms with Crippen LogP contribution in [0.1, 0.15) is 11.6 Å². The van der Waals surface area contributed by atoms with Crippen molar-refractivity contribution in [1.29, 1.82) is 0 Å². The zero-order valence-corrected chi connectivity index (χ0v) is 14.0. The number of benzene rings is 1. The van der Waals surface area contributed by atoms with E-state index in [4.69, 9.17) is 9.47 Å². The van der Waals surface area contributed by atoms with Crippen LogP contribution in [0.15, 0.2) is 18.2 Å². The molecule has 1 fully saturated rings. The predicted molar refractivity (Wildman–Crippen MR) is 84.0 cm³/mol. The molecule has 2 rings (SSSR count). The quantitative estimate of drug-likeness (QED) is 0.835. The second kappa shape index (κ2) is 7.92. The van der Waals surface area contributed by atoms with Crippen LogP contribution in [-0.2, 0) is 4.79 Å². The van der Waals surface area contributed by atoms with Crippen molar-refractivity contribution in [2.45, 2.75) is 12.2 Å². The molecule has 1 atom stereocenters. The van der Waals surface area contributed by atoms with Gasteiger partial charge in [-0.05, 0) is 12.1 Å². The van der Waals surface area contributed by atoms with E-state index in [9.17, 15) is 23.1 Å². The first-order valence-corrected chi connectivity index (χ1v) is 7.73. The highest BCUT2D eigenvalue weighted by Crippen LogP contribution is 2.37. The van der Waals surface area contributed by atoms with E-state index in [-0.39, 0.29) is 26.2 Å². The Morgan fingerprint density at radius 2 is 1.68 bits per heavy atom. The lowest BCUT2D eigenvalue weighted by Crippen LogP contribution is -2.51. The molecule has 1 N–H and O–H groups in total. The average molecular weight is 362 g/mol. The van der Waals surface area contributed by atoms with Gasteiger partial charge in [0, 0.05) is 26.2 Å². The Morgan fingerprint density at radius 3 is 2.08 bits per heavy atom. The van der Waals surface area contributed by atoms with Crippen molar-refractivity contribution in [1.82, 2.24) is 9.80 Å². The lowest BCUT2D eigenvalue weighted by Gasteiger charge is -2.38. The minimum atomic E-state index is -4.26. The molecule has 0 saturated carbocycles. The summed E-state index contributed by atoms with van der Waals surface area (Å²) in [5, 5.41) is 9.72. The number of carboxylic acids is 1. The van der Waals surface area contributed by atoms with Crippen LogP contribution in [0, 0.1) is 0 Å². The number of methoxy groups -OCH3 is 2. The number of carbonyl (C=O) groups is 1. The highest BCUT2D eigenvalue weighted by molar-refractivity contribution is 5.78. The standard InChI is InChI=1S/C16H21F3N2O4/c1-24-11-4-3-5-12(25-2)13(11)14(15(22)23)21-8-6-20(7-9-21)10-16(17,18)19/h3-5,14H,6-10H2,1-2H3,(H,22,23). The number of nitrogens with zero attached hydrogens (tertiary/aromatic N) is 2. The summed E-state index contributed by atoms with van der Waals surface area (Å²) < 4.78 is 48.0. The van der Waals surface area contributed by atoms with Gasteiger partial charge < -0.3 is 14.6 Å². The Labute approximate surface area is 143 Å². The van der Waals surface area contributed by atoms with Crippen molar-refractivity contribution in [3.8, 4) is 11.5 Å². The Balaban J connectivity index is 2.23. The molecular weight excluding hydrogens is 341 g/mol. The maximum absolute atomic E-state index is 12.5. The third-order valence-electron chi connectivity index (χ3n) is 4.15. The Hall–Kier alpha value is -2.00. The summed E-state index contributed by atoms with van der Waals surface area (Å²) in [5.74, 6) is -0.374. The molecule has 0 bridgehead atoms. The molecule has 1 unspecified atom stereocenters. The first-order chi connectivity index (χ1) is 11.8. The van der Waals surface area contributed by atoms with Gasteiger partial charge in [-0.25, -0.2) is 0 Å². The molecule has 0 radical (unpaired) electrons. The van der Waals surface area contributed by atoms with Crippen LogP contribution < -0.4 is 9.47 Å². The molecule has 1 aromatic rings. The lowest BCUT2D eigenvalue weighted by atomic mass is 10.0. The number of hydrogen-bond donors (Lipinski definition) is 1. The maximum atomic E-state index is 12.5. The number of rotatable bonds is 6. The Bertz CT molecular complexity index is 579. The second-order valence-corrected chi connectivity index (χ2v) is 5.74. The first-order valence-electron chi connectivity index (χ1n) is 7.73. The van der Waals surface area contributed by atoms with Crippen molar-refractivity contribution in [3.05, 3.63) is 23.8 Å². The summed E-state index contributed by atoms with van der Waals surface area (Å²) in [7, 11) is 2.86. The van der Waals surface area contributed by atoms with Crippen molar-refractivity contribution < 1.29 is 32.5 Å². The molecule has 140 valence electrons. The molecule has 1 aliphatic heterocycles. The predicted octanol–water partition coefficient (Wildman–Crippen LogP) is 2.01. The highest BCUT2D eigenvalue weighted by atomic mass is 19.4. The lowest BCUT2D eigenvalue weighted by molar-refractivity contribution is -0.154. The van der Waals surface area contributed by atoms with Crippen LogP contribution in [-0.4, -0.2) is 74.0 Å². The molecule has 6 nitrogen and oxygen atoms in total. The summed E-state index contributed by atoms with van der Waals surface area (Å²) >= 11 is 0. The summed E-state index contributed by atoms with van der Waals surface area (Å²) in [5.41, 5.74) is 0.365. The van der Waals surface area contributed by atoms with Crippen molar-refractivity contribution in [2.75, 3.05) is 46.9 Å². The van der Waals surface area contributed by atoms with Crippen molar-refractivity contribution in [3.63, 3.8) is 0 Å². The zero-order valence-electron chi connectivity index (χ0n) is 14.0. The van der Waals surface area contributed by atoms with Gasteiger partial charge in [0.25, 0.3) is 0 Å². The minimum absolute atomic E-state index is 0.140. The van der Waals surface area contributed by atoms with Gasteiger partial charge in [-0.1, -0.05) is 6.07 Å². The fraction of sp³-hybridized carbons (Fsp3) is 0.562. The van der Waals surface area contributed by atoms with Crippen LogP contribution >= 0.6 is 0 Å². The summed E-state index contributed by atoms with van der Waals surface area (Å²) in [6, 6.07) is 3.89. The van der Waals surface area contributed by atoms with E-state index in [1.54, 1.807) is 23.1 Å². The van der Waals surface area contributed by atoms with Gasteiger partial charge >= 0.3 is 12.1 Å². The fourth-order valence-corrected chi connectivity index (χ4v) is 3.04. The number of ether oxygens (including phenoxy) is 2. The Kier molecular flexibility index (Phi) is 6.12. The topological polar surface area (TPSA) is 62.2 Å². The van der Waals surface area contributed by atoms with Crippen LogP contribution in [0.3, 0.4) is 0 Å². The molecular formula is C16H21F3N2O4. The number of carboxylic acid groups (broad SMARTS) is 1. The monoisotopic (exact) mass is 362 g/mol. The third kappa shape index (κ3) is 4.76. The summed E-state index contributed by atoms with van der Waals surface area (Å²) in [6.45, 7) is -0.305. The second-order valence-electron chi connectivity index (χ2n) is 5.74.